The number of para-hydroxylation sites is 1. The predicted molar refractivity (Wildman–Crippen MR) is 79.6 cm³/mol. The SMILES string of the molecule is O=C(COC(=O)c1cccnc1)Nc1c(Cl)cccc1Cl. The van der Waals surface area contributed by atoms with Crippen LogP contribution in [0, 0.1) is 0 Å². The number of anilines is 1. The average Bonchev–Trinajstić information content (AvgIpc) is 2.49. The van der Waals surface area contributed by atoms with Gasteiger partial charge < -0.3 is 10.1 Å². The summed E-state index contributed by atoms with van der Waals surface area (Å²) in [5.74, 6) is -1.18. The number of pyridine rings is 1. The van der Waals surface area contributed by atoms with Crippen LogP contribution in [0.15, 0.2) is 42.7 Å². The van der Waals surface area contributed by atoms with Gasteiger partial charge in [0.2, 0.25) is 0 Å². The van der Waals surface area contributed by atoms with Crippen molar-refractivity contribution in [3.05, 3.63) is 58.3 Å². The van der Waals surface area contributed by atoms with E-state index < -0.39 is 18.5 Å². The van der Waals surface area contributed by atoms with E-state index in [4.69, 9.17) is 27.9 Å². The summed E-state index contributed by atoms with van der Waals surface area (Å²) < 4.78 is 4.86. The summed E-state index contributed by atoms with van der Waals surface area (Å²) in [6, 6.07) is 7.97. The van der Waals surface area contributed by atoms with Crippen molar-refractivity contribution in [2.45, 2.75) is 0 Å². The molecule has 2 rings (SSSR count). The number of carbonyl (C=O) groups is 2. The molecule has 0 fully saturated rings. The largest absolute Gasteiger partial charge is 0.452 e. The second-order valence-corrected chi connectivity index (χ2v) is 4.78. The van der Waals surface area contributed by atoms with Gasteiger partial charge in [-0.1, -0.05) is 29.3 Å². The Kier molecular flexibility index (Phi) is 5.14. The van der Waals surface area contributed by atoms with Crippen molar-refractivity contribution in [1.82, 2.24) is 4.98 Å². The third kappa shape index (κ3) is 4.18. The lowest BCUT2D eigenvalue weighted by Gasteiger charge is -2.09. The minimum Gasteiger partial charge on any atom is -0.452 e. The molecule has 2 aromatic rings. The zero-order valence-electron chi connectivity index (χ0n) is 10.7. The van der Waals surface area contributed by atoms with E-state index in [1.54, 1.807) is 24.3 Å². The lowest BCUT2D eigenvalue weighted by Crippen LogP contribution is -2.21. The molecule has 0 aliphatic carbocycles. The van der Waals surface area contributed by atoms with Crippen LogP contribution in [0.2, 0.25) is 10.0 Å². The van der Waals surface area contributed by atoms with E-state index in [-0.39, 0.29) is 11.3 Å². The Labute approximate surface area is 130 Å². The zero-order chi connectivity index (χ0) is 15.2. The summed E-state index contributed by atoms with van der Waals surface area (Å²) in [6.45, 7) is -0.449. The van der Waals surface area contributed by atoms with Crippen LogP contribution in [0.1, 0.15) is 10.4 Å². The molecule has 1 heterocycles. The molecule has 1 N–H and O–H groups in total. The maximum Gasteiger partial charge on any atom is 0.340 e. The number of halogens is 2. The van der Waals surface area contributed by atoms with E-state index in [1.165, 1.54) is 18.5 Å². The maximum atomic E-state index is 11.7. The fraction of sp³-hybridized carbons (Fsp3) is 0.0714. The second kappa shape index (κ2) is 7.06. The number of ether oxygens (including phenoxy) is 1. The molecule has 0 aliphatic rings. The van der Waals surface area contributed by atoms with Gasteiger partial charge in [0.25, 0.3) is 5.91 Å². The number of benzene rings is 1. The van der Waals surface area contributed by atoms with Crippen molar-refractivity contribution in [2.75, 3.05) is 11.9 Å². The van der Waals surface area contributed by atoms with Crippen LogP contribution < -0.4 is 5.32 Å². The van der Waals surface area contributed by atoms with Gasteiger partial charge in [0.15, 0.2) is 6.61 Å². The summed E-state index contributed by atoms with van der Waals surface area (Å²) in [5, 5.41) is 3.09. The molecule has 108 valence electrons. The van der Waals surface area contributed by atoms with Crippen LogP contribution in [-0.2, 0) is 9.53 Å². The lowest BCUT2D eigenvalue weighted by molar-refractivity contribution is -0.119. The van der Waals surface area contributed by atoms with Gasteiger partial charge >= 0.3 is 5.97 Å². The molecule has 1 aromatic heterocycles. The standard InChI is InChI=1S/C14H10Cl2N2O3/c15-10-4-1-5-11(16)13(10)18-12(19)8-21-14(20)9-3-2-6-17-7-9/h1-7H,8H2,(H,18,19). The van der Waals surface area contributed by atoms with Gasteiger partial charge in [0.1, 0.15) is 0 Å². The molecule has 7 heteroatoms. The van der Waals surface area contributed by atoms with Crippen molar-refractivity contribution in [1.29, 1.82) is 0 Å². The smallest absolute Gasteiger partial charge is 0.340 e. The molecule has 0 bridgehead atoms. The number of carbonyl (C=O) groups excluding carboxylic acids is 2. The van der Waals surface area contributed by atoms with Crippen molar-refractivity contribution in [3.8, 4) is 0 Å². The molecule has 5 nitrogen and oxygen atoms in total. The van der Waals surface area contributed by atoms with E-state index in [0.29, 0.717) is 10.0 Å². The van der Waals surface area contributed by atoms with Gasteiger partial charge in [0, 0.05) is 12.4 Å². The highest BCUT2D eigenvalue weighted by Crippen LogP contribution is 2.29. The highest BCUT2D eigenvalue weighted by molar-refractivity contribution is 6.39. The first-order valence-corrected chi connectivity index (χ1v) is 6.64. The van der Waals surface area contributed by atoms with Gasteiger partial charge in [-0.05, 0) is 24.3 Å². The number of nitrogens with zero attached hydrogens (tertiary/aromatic N) is 1. The average molecular weight is 325 g/mol. The number of aromatic nitrogens is 1. The normalized spacial score (nSPS) is 10.0. The van der Waals surface area contributed by atoms with Crippen molar-refractivity contribution < 1.29 is 14.3 Å². The van der Waals surface area contributed by atoms with E-state index >= 15 is 0 Å². The molecule has 0 aliphatic heterocycles. The molecule has 21 heavy (non-hydrogen) atoms. The Bertz CT molecular complexity index is 642. The monoisotopic (exact) mass is 324 g/mol. The molecule has 1 aromatic carbocycles. The van der Waals surface area contributed by atoms with Gasteiger partial charge in [-0.25, -0.2) is 4.79 Å². The summed E-state index contributed by atoms with van der Waals surface area (Å²) in [7, 11) is 0. The van der Waals surface area contributed by atoms with E-state index in [1.807, 2.05) is 0 Å². The summed E-state index contributed by atoms with van der Waals surface area (Å²) in [5.41, 5.74) is 0.546. The minimum atomic E-state index is -0.636. The first-order chi connectivity index (χ1) is 10.1. The number of nitrogens with one attached hydrogen (secondary N) is 1. The van der Waals surface area contributed by atoms with E-state index in [9.17, 15) is 9.59 Å². The fourth-order valence-electron chi connectivity index (χ4n) is 1.49. The second-order valence-electron chi connectivity index (χ2n) is 3.96. The fourth-order valence-corrected chi connectivity index (χ4v) is 1.98. The molecule has 0 atom stereocenters. The third-order valence-electron chi connectivity index (χ3n) is 2.46. The summed E-state index contributed by atoms with van der Waals surface area (Å²) in [4.78, 5) is 27.2. The Morgan fingerprint density at radius 1 is 1.14 bits per heavy atom. The van der Waals surface area contributed by atoms with Crippen LogP contribution >= 0.6 is 23.2 Å². The molecule has 0 radical (unpaired) electrons. The van der Waals surface area contributed by atoms with Gasteiger partial charge in [0.05, 0.1) is 21.3 Å². The molecule has 0 spiro atoms. The van der Waals surface area contributed by atoms with Crippen LogP contribution in [-0.4, -0.2) is 23.5 Å². The predicted octanol–water partition coefficient (Wildman–Crippen LogP) is 3.18. The van der Waals surface area contributed by atoms with Crippen LogP contribution in [0.3, 0.4) is 0 Å². The Morgan fingerprint density at radius 2 is 1.86 bits per heavy atom. The number of hydrogen-bond acceptors (Lipinski definition) is 4. The third-order valence-corrected chi connectivity index (χ3v) is 3.09. The summed E-state index contributed by atoms with van der Waals surface area (Å²) in [6.07, 6.45) is 2.88. The van der Waals surface area contributed by atoms with Gasteiger partial charge in [-0.2, -0.15) is 0 Å². The summed E-state index contributed by atoms with van der Waals surface area (Å²) >= 11 is 11.8. The molecule has 0 saturated carbocycles. The van der Waals surface area contributed by atoms with Gasteiger partial charge in [-0.3, -0.25) is 9.78 Å². The molecular formula is C14H10Cl2N2O3. The van der Waals surface area contributed by atoms with E-state index in [0.717, 1.165) is 0 Å². The lowest BCUT2D eigenvalue weighted by atomic mass is 10.3. The van der Waals surface area contributed by atoms with Crippen LogP contribution in [0.4, 0.5) is 5.69 Å². The highest BCUT2D eigenvalue weighted by Gasteiger charge is 2.13. The molecule has 0 unspecified atom stereocenters. The van der Waals surface area contributed by atoms with Crippen molar-refractivity contribution in [2.24, 2.45) is 0 Å². The molecule has 1 amide bonds. The number of rotatable bonds is 4. The molecule has 0 saturated heterocycles. The van der Waals surface area contributed by atoms with Gasteiger partial charge in [-0.15, -0.1) is 0 Å². The quantitative estimate of drug-likeness (QED) is 0.877. The zero-order valence-corrected chi connectivity index (χ0v) is 12.2. The Balaban J connectivity index is 1.92. The Morgan fingerprint density at radius 3 is 2.48 bits per heavy atom. The van der Waals surface area contributed by atoms with E-state index in [2.05, 4.69) is 10.3 Å². The first-order valence-electron chi connectivity index (χ1n) is 5.89. The maximum absolute atomic E-state index is 11.7. The Hall–Kier alpha value is -2.11. The minimum absolute atomic E-state index is 0.265. The molecular weight excluding hydrogens is 315 g/mol. The van der Waals surface area contributed by atoms with Crippen LogP contribution in [0.25, 0.3) is 0 Å². The van der Waals surface area contributed by atoms with Crippen LogP contribution in [0.5, 0.6) is 0 Å². The number of amides is 1. The highest BCUT2D eigenvalue weighted by atomic mass is 35.5. The van der Waals surface area contributed by atoms with Crippen molar-refractivity contribution >= 4 is 40.8 Å². The number of esters is 1. The topological polar surface area (TPSA) is 68.3 Å². The van der Waals surface area contributed by atoms with Crippen molar-refractivity contribution in [3.63, 3.8) is 0 Å². The first kappa shape index (κ1) is 15.3. The number of hydrogen-bond donors (Lipinski definition) is 1.